The number of aryl methyl sites for hydroxylation is 1. The van der Waals surface area contributed by atoms with Crippen molar-refractivity contribution in [2.24, 2.45) is 0 Å². The number of halogens is 1. The van der Waals surface area contributed by atoms with E-state index in [-0.39, 0.29) is 24.5 Å². The maximum Gasteiger partial charge on any atom is 0.307 e. The number of carbonyl (C=O) groups is 1. The second kappa shape index (κ2) is 5.18. The molecule has 2 aromatic rings. The largest absolute Gasteiger partial charge is 0.469 e. The van der Waals surface area contributed by atoms with Gasteiger partial charge in [-0.3, -0.25) is 14.2 Å². The Balaban J connectivity index is 2.36. The van der Waals surface area contributed by atoms with Gasteiger partial charge in [-0.25, -0.2) is 4.98 Å². The van der Waals surface area contributed by atoms with Gasteiger partial charge >= 0.3 is 5.97 Å². The van der Waals surface area contributed by atoms with Crippen LogP contribution in [0.15, 0.2) is 29.3 Å². The predicted molar refractivity (Wildman–Crippen MR) is 67.6 cm³/mol. The van der Waals surface area contributed by atoms with Crippen molar-refractivity contribution in [2.45, 2.75) is 13.0 Å². The van der Waals surface area contributed by atoms with Gasteiger partial charge in [0.25, 0.3) is 5.56 Å². The number of rotatable bonds is 3. The zero-order valence-corrected chi connectivity index (χ0v) is 10.5. The molecule has 1 heterocycles. The van der Waals surface area contributed by atoms with Crippen LogP contribution in [0.5, 0.6) is 0 Å². The summed E-state index contributed by atoms with van der Waals surface area (Å²) in [6, 6.07) is 4.89. The molecule has 0 aliphatic rings. The number of nitrogens with zero attached hydrogens (tertiary/aromatic N) is 2. The third-order valence-corrected chi connectivity index (χ3v) is 2.81. The second-order valence-corrected chi connectivity index (χ2v) is 4.17. The molecule has 18 heavy (non-hydrogen) atoms. The Labute approximate surface area is 108 Å². The Morgan fingerprint density at radius 1 is 1.50 bits per heavy atom. The van der Waals surface area contributed by atoms with Crippen molar-refractivity contribution >= 4 is 28.5 Å². The van der Waals surface area contributed by atoms with E-state index in [9.17, 15) is 9.59 Å². The fourth-order valence-corrected chi connectivity index (χ4v) is 1.77. The van der Waals surface area contributed by atoms with Crippen molar-refractivity contribution in [3.8, 4) is 0 Å². The van der Waals surface area contributed by atoms with Gasteiger partial charge in [0.05, 0.1) is 30.8 Å². The molecule has 0 N–H and O–H groups in total. The summed E-state index contributed by atoms with van der Waals surface area (Å²) < 4.78 is 5.90. The lowest BCUT2D eigenvalue weighted by atomic mass is 10.2. The van der Waals surface area contributed by atoms with E-state index in [2.05, 4.69) is 9.72 Å². The summed E-state index contributed by atoms with van der Waals surface area (Å²) in [7, 11) is 1.31. The SMILES string of the molecule is COC(=O)CCn1cnc2cc(Cl)ccc2c1=O. The highest BCUT2D eigenvalue weighted by molar-refractivity contribution is 6.31. The summed E-state index contributed by atoms with van der Waals surface area (Å²) in [4.78, 5) is 27.2. The first kappa shape index (κ1) is 12.6. The van der Waals surface area contributed by atoms with Crippen molar-refractivity contribution in [3.63, 3.8) is 0 Å². The van der Waals surface area contributed by atoms with Crippen LogP contribution in [0.25, 0.3) is 10.9 Å². The Morgan fingerprint density at radius 3 is 3.00 bits per heavy atom. The monoisotopic (exact) mass is 266 g/mol. The fourth-order valence-electron chi connectivity index (χ4n) is 1.60. The molecular formula is C12H11ClN2O3. The fraction of sp³-hybridized carbons (Fsp3) is 0.250. The van der Waals surface area contributed by atoms with Crippen LogP contribution in [-0.2, 0) is 16.1 Å². The number of ether oxygens (including phenoxy) is 1. The van der Waals surface area contributed by atoms with Crippen LogP contribution in [0.4, 0.5) is 0 Å². The van der Waals surface area contributed by atoms with Crippen molar-refractivity contribution in [2.75, 3.05) is 7.11 Å². The average Bonchev–Trinajstić information content (AvgIpc) is 2.37. The number of esters is 1. The van der Waals surface area contributed by atoms with Crippen LogP contribution in [0.2, 0.25) is 5.02 Å². The number of benzene rings is 1. The molecule has 0 fully saturated rings. The van der Waals surface area contributed by atoms with E-state index in [0.29, 0.717) is 15.9 Å². The Kier molecular flexibility index (Phi) is 3.62. The van der Waals surface area contributed by atoms with E-state index in [1.54, 1.807) is 18.2 Å². The van der Waals surface area contributed by atoms with Gasteiger partial charge in [-0.2, -0.15) is 0 Å². The van der Waals surface area contributed by atoms with E-state index in [0.717, 1.165) is 0 Å². The molecular weight excluding hydrogens is 256 g/mol. The first-order valence-electron chi connectivity index (χ1n) is 5.33. The van der Waals surface area contributed by atoms with Crippen LogP contribution in [0.1, 0.15) is 6.42 Å². The molecule has 0 radical (unpaired) electrons. The third kappa shape index (κ3) is 2.51. The molecule has 0 unspecified atom stereocenters. The molecule has 94 valence electrons. The van der Waals surface area contributed by atoms with E-state index >= 15 is 0 Å². The van der Waals surface area contributed by atoms with E-state index in [1.807, 2.05) is 0 Å². The molecule has 0 bridgehead atoms. The summed E-state index contributed by atoms with van der Waals surface area (Å²) >= 11 is 5.82. The number of hydrogen-bond donors (Lipinski definition) is 0. The summed E-state index contributed by atoms with van der Waals surface area (Å²) in [6.07, 6.45) is 1.54. The lowest BCUT2D eigenvalue weighted by Crippen LogP contribution is -2.22. The minimum Gasteiger partial charge on any atom is -0.469 e. The van der Waals surface area contributed by atoms with E-state index in [4.69, 9.17) is 11.6 Å². The van der Waals surface area contributed by atoms with Gasteiger partial charge in [0, 0.05) is 11.6 Å². The quantitative estimate of drug-likeness (QED) is 0.792. The van der Waals surface area contributed by atoms with Gasteiger partial charge in [-0.05, 0) is 18.2 Å². The minimum atomic E-state index is -0.363. The summed E-state index contributed by atoms with van der Waals surface area (Å²) in [5.41, 5.74) is 0.349. The molecule has 0 atom stereocenters. The van der Waals surface area contributed by atoms with E-state index < -0.39 is 0 Å². The molecule has 0 amide bonds. The average molecular weight is 267 g/mol. The maximum atomic E-state index is 12.1. The van der Waals surface area contributed by atoms with Gasteiger partial charge in [0.15, 0.2) is 0 Å². The number of hydrogen-bond acceptors (Lipinski definition) is 4. The smallest absolute Gasteiger partial charge is 0.307 e. The zero-order chi connectivity index (χ0) is 13.1. The second-order valence-electron chi connectivity index (χ2n) is 3.73. The highest BCUT2D eigenvalue weighted by Crippen LogP contribution is 2.14. The molecule has 0 aliphatic heterocycles. The van der Waals surface area contributed by atoms with Crippen LogP contribution in [0.3, 0.4) is 0 Å². The van der Waals surface area contributed by atoms with Crippen LogP contribution in [0, 0.1) is 0 Å². The van der Waals surface area contributed by atoms with Gasteiger partial charge in [-0.15, -0.1) is 0 Å². The first-order chi connectivity index (χ1) is 8.61. The predicted octanol–water partition coefficient (Wildman–Crippen LogP) is 1.61. The number of fused-ring (bicyclic) bond motifs is 1. The molecule has 0 aliphatic carbocycles. The molecule has 0 spiro atoms. The van der Waals surface area contributed by atoms with Gasteiger partial charge in [-0.1, -0.05) is 11.6 Å². The Hall–Kier alpha value is -1.88. The van der Waals surface area contributed by atoms with Gasteiger partial charge in [0.2, 0.25) is 0 Å². The molecule has 6 heteroatoms. The molecule has 1 aromatic carbocycles. The van der Waals surface area contributed by atoms with Crippen LogP contribution in [-0.4, -0.2) is 22.6 Å². The Bertz CT molecular complexity index is 651. The zero-order valence-electron chi connectivity index (χ0n) is 9.72. The van der Waals surface area contributed by atoms with Crippen LogP contribution >= 0.6 is 11.6 Å². The van der Waals surface area contributed by atoms with Crippen molar-refractivity contribution in [3.05, 3.63) is 39.9 Å². The highest BCUT2D eigenvalue weighted by Gasteiger charge is 2.06. The summed E-state index contributed by atoms with van der Waals surface area (Å²) in [5.74, 6) is -0.363. The third-order valence-electron chi connectivity index (χ3n) is 2.57. The topological polar surface area (TPSA) is 61.2 Å². The lowest BCUT2D eigenvalue weighted by molar-refractivity contribution is -0.140. The van der Waals surface area contributed by atoms with Gasteiger partial charge < -0.3 is 4.74 Å². The highest BCUT2D eigenvalue weighted by atomic mass is 35.5. The molecule has 5 nitrogen and oxygen atoms in total. The maximum absolute atomic E-state index is 12.1. The summed E-state index contributed by atoms with van der Waals surface area (Å²) in [6.45, 7) is 0.247. The summed E-state index contributed by atoms with van der Waals surface area (Å²) in [5, 5.41) is 1.01. The van der Waals surface area contributed by atoms with Crippen molar-refractivity contribution in [1.29, 1.82) is 0 Å². The normalized spacial score (nSPS) is 10.6. The molecule has 2 rings (SSSR count). The molecule has 0 saturated heterocycles. The minimum absolute atomic E-state index is 0.136. The lowest BCUT2D eigenvalue weighted by Gasteiger charge is -2.05. The number of methoxy groups -OCH3 is 1. The first-order valence-corrected chi connectivity index (χ1v) is 5.71. The number of carbonyl (C=O) groups excluding carboxylic acids is 1. The van der Waals surface area contributed by atoms with Gasteiger partial charge in [0.1, 0.15) is 0 Å². The molecule has 1 aromatic heterocycles. The van der Waals surface area contributed by atoms with E-state index in [1.165, 1.54) is 18.0 Å². The standard InChI is InChI=1S/C12H11ClN2O3/c1-18-11(16)4-5-15-7-14-10-6-8(13)2-3-9(10)12(15)17/h2-3,6-7H,4-5H2,1H3. The van der Waals surface area contributed by atoms with Crippen molar-refractivity contribution in [1.82, 2.24) is 9.55 Å². The van der Waals surface area contributed by atoms with Crippen LogP contribution < -0.4 is 5.56 Å². The van der Waals surface area contributed by atoms with Crippen molar-refractivity contribution < 1.29 is 9.53 Å². The Morgan fingerprint density at radius 2 is 2.28 bits per heavy atom. The molecule has 0 saturated carbocycles. The number of aromatic nitrogens is 2.